The fourth-order valence-corrected chi connectivity index (χ4v) is 6.50. The number of aliphatic hydroxyl groups is 1. The molecule has 0 aromatic carbocycles. The van der Waals surface area contributed by atoms with E-state index in [1.54, 1.807) is 16.9 Å². The molecule has 42 heavy (non-hydrogen) atoms. The van der Waals surface area contributed by atoms with E-state index in [9.17, 15) is 14.8 Å². The van der Waals surface area contributed by atoms with E-state index in [-0.39, 0.29) is 11.8 Å². The average Bonchev–Trinajstić information content (AvgIpc) is 3.37. The SMILES string of the molecule is COc1ncc(CN2C3CC2CN(c2ccc(-c4cc(N5CC(C(C)(C)O)C5)cn5ncc(C#N)c45)cn2)C3)cc1F. The number of anilines is 2. The summed E-state index contributed by atoms with van der Waals surface area (Å²) in [6.45, 7) is 7.60. The Balaban J connectivity index is 1.09. The second-order valence-corrected chi connectivity index (χ2v) is 12.2. The first kappa shape index (κ1) is 26.6. The van der Waals surface area contributed by atoms with Gasteiger partial charge in [0.25, 0.3) is 0 Å². The Hall–Kier alpha value is -4.27. The van der Waals surface area contributed by atoms with Gasteiger partial charge in [0.1, 0.15) is 11.9 Å². The molecule has 0 aliphatic carbocycles. The smallest absolute Gasteiger partial charge is 0.250 e. The molecule has 2 unspecified atom stereocenters. The lowest BCUT2D eigenvalue weighted by Gasteiger charge is -2.56. The van der Waals surface area contributed by atoms with E-state index in [1.807, 2.05) is 32.3 Å². The van der Waals surface area contributed by atoms with E-state index in [0.717, 1.165) is 66.3 Å². The summed E-state index contributed by atoms with van der Waals surface area (Å²) in [5.41, 5.74) is 4.21. The molecule has 4 fully saturated rings. The predicted octanol–water partition coefficient (Wildman–Crippen LogP) is 3.48. The van der Waals surface area contributed by atoms with Crippen molar-refractivity contribution in [2.24, 2.45) is 5.92 Å². The Morgan fingerprint density at radius 1 is 1.07 bits per heavy atom. The van der Waals surface area contributed by atoms with Gasteiger partial charge in [0.2, 0.25) is 5.88 Å². The Kier molecular flexibility index (Phi) is 6.29. The quantitative estimate of drug-likeness (QED) is 0.359. The molecule has 4 aliphatic heterocycles. The number of pyridine rings is 3. The van der Waals surface area contributed by atoms with Crippen LogP contribution in [0.1, 0.15) is 31.4 Å². The number of fused-ring (bicyclic) bond motifs is 3. The van der Waals surface area contributed by atoms with Crippen LogP contribution < -0.4 is 14.5 Å². The molecular weight excluding hydrogens is 535 g/mol. The Morgan fingerprint density at radius 2 is 1.86 bits per heavy atom. The van der Waals surface area contributed by atoms with Gasteiger partial charge >= 0.3 is 0 Å². The zero-order chi connectivity index (χ0) is 29.2. The maximum atomic E-state index is 14.1. The van der Waals surface area contributed by atoms with Crippen LogP contribution in [0.2, 0.25) is 0 Å². The minimum atomic E-state index is -0.722. The van der Waals surface area contributed by atoms with Crippen LogP contribution in [0.5, 0.6) is 5.88 Å². The standard InChI is InChI=1S/C31H33FN8O2/c1-31(2,41)22-14-37(15-22)23-8-26(29-21(9-33)12-36-40(29)18-23)20-4-5-28(34-11-20)38-16-24-7-25(17-38)39(24)13-19-6-27(32)30(42-3)35-10-19/h4-6,8,10-12,18,22,24-25,41H,7,13-17H2,1-3H3. The fourth-order valence-electron chi connectivity index (χ4n) is 6.50. The van der Waals surface area contributed by atoms with Crippen molar-refractivity contribution in [3.63, 3.8) is 0 Å². The molecule has 8 heterocycles. The highest BCUT2D eigenvalue weighted by molar-refractivity contribution is 5.86. The number of piperazine rings is 1. The monoisotopic (exact) mass is 568 g/mol. The summed E-state index contributed by atoms with van der Waals surface area (Å²) < 4.78 is 20.9. The Labute approximate surface area is 243 Å². The number of hydrogen-bond donors (Lipinski definition) is 1. The predicted molar refractivity (Wildman–Crippen MR) is 156 cm³/mol. The molecule has 2 atom stereocenters. The zero-order valence-corrected chi connectivity index (χ0v) is 23.9. The van der Waals surface area contributed by atoms with Gasteiger partial charge < -0.3 is 19.6 Å². The molecule has 8 rings (SSSR count). The summed E-state index contributed by atoms with van der Waals surface area (Å²) in [6, 6.07) is 10.7. The van der Waals surface area contributed by atoms with Crippen LogP contribution >= 0.6 is 0 Å². The maximum absolute atomic E-state index is 14.1. The second kappa shape index (κ2) is 9.93. The van der Waals surface area contributed by atoms with E-state index in [1.165, 1.54) is 13.2 Å². The van der Waals surface area contributed by atoms with E-state index in [0.29, 0.717) is 24.2 Å². The molecule has 10 nitrogen and oxygen atoms in total. The maximum Gasteiger partial charge on any atom is 0.250 e. The van der Waals surface area contributed by atoms with Crippen molar-refractivity contribution < 1.29 is 14.2 Å². The number of ether oxygens (including phenoxy) is 1. The van der Waals surface area contributed by atoms with Crippen molar-refractivity contribution in [3.8, 4) is 23.1 Å². The number of halogens is 1. The van der Waals surface area contributed by atoms with E-state index in [4.69, 9.17) is 9.72 Å². The summed E-state index contributed by atoms with van der Waals surface area (Å²) in [5.74, 6) is 0.705. The summed E-state index contributed by atoms with van der Waals surface area (Å²) in [5, 5.41) is 24.6. The van der Waals surface area contributed by atoms with Crippen LogP contribution in [0.15, 0.2) is 49.1 Å². The molecule has 1 N–H and O–H groups in total. The first-order valence-electron chi connectivity index (χ1n) is 14.3. The van der Waals surface area contributed by atoms with Crippen LogP contribution in [0, 0.1) is 23.1 Å². The number of nitriles is 1. The molecule has 4 saturated heterocycles. The van der Waals surface area contributed by atoms with Crippen LogP contribution in [0.25, 0.3) is 16.6 Å². The van der Waals surface area contributed by atoms with Gasteiger partial charge in [-0.15, -0.1) is 0 Å². The second-order valence-electron chi connectivity index (χ2n) is 12.2. The Morgan fingerprint density at radius 3 is 2.50 bits per heavy atom. The van der Waals surface area contributed by atoms with Gasteiger partial charge in [-0.25, -0.2) is 18.9 Å². The minimum absolute atomic E-state index is 0.0210. The molecule has 0 radical (unpaired) electrons. The lowest BCUT2D eigenvalue weighted by molar-refractivity contribution is -0.00884. The van der Waals surface area contributed by atoms with Gasteiger partial charge in [0, 0.05) is 74.2 Å². The highest BCUT2D eigenvalue weighted by atomic mass is 19.1. The third kappa shape index (κ3) is 4.51. The third-order valence-corrected chi connectivity index (χ3v) is 9.11. The molecule has 0 amide bonds. The molecule has 216 valence electrons. The normalized spacial score (nSPS) is 20.8. The van der Waals surface area contributed by atoms with Crippen molar-refractivity contribution in [1.29, 1.82) is 5.26 Å². The number of methoxy groups -OCH3 is 1. The van der Waals surface area contributed by atoms with Crippen LogP contribution in [0.4, 0.5) is 15.9 Å². The lowest BCUT2D eigenvalue weighted by atomic mass is 9.84. The lowest BCUT2D eigenvalue weighted by Crippen LogP contribution is -2.68. The van der Waals surface area contributed by atoms with Crippen molar-refractivity contribution in [2.45, 2.75) is 44.5 Å². The highest BCUT2D eigenvalue weighted by Crippen LogP contribution is 2.38. The molecule has 11 heteroatoms. The highest BCUT2D eigenvalue weighted by Gasteiger charge is 2.44. The third-order valence-electron chi connectivity index (χ3n) is 9.11. The summed E-state index contributed by atoms with van der Waals surface area (Å²) in [7, 11) is 1.42. The zero-order valence-electron chi connectivity index (χ0n) is 23.9. The van der Waals surface area contributed by atoms with Crippen molar-refractivity contribution in [3.05, 3.63) is 66.0 Å². The number of rotatable bonds is 7. The van der Waals surface area contributed by atoms with Gasteiger partial charge in [-0.2, -0.15) is 10.4 Å². The molecule has 4 aromatic heterocycles. The molecule has 0 saturated carbocycles. The first-order valence-corrected chi connectivity index (χ1v) is 14.3. The van der Waals surface area contributed by atoms with Crippen molar-refractivity contribution in [2.75, 3.05) is 43.1 Å². The van der Waals surface area contributed by atoms with Crippen LogP contribution in [-0.2, 0) is 6.54 Å². The van der Waals surface area contributed by atoms with Crippen LogP contribution in [-0.4, -0.2) is 80.6 Å². The van der Waals surface area contributed by atoms with Gasteiger partial charge in [-0.3, -0.25) is 4.90 Å². The topological polar surface area (TPSA) is 106 Å². The van der Waals surface area contributed by atoms with E-state index < -0.39 is 11.4 Å². The van der Waals surface area contributed by atoms with Gasteiger partial charge in [-0.1, -0.05) is 0 Å². The summed E-state index contributed by atoms with van der Waals surface area (Å²) in [6.07, 6.45) is 8.23. The van der Waals surface area contributed by atoms with Crippen molar-refractivity contribution in [1.82, 2.24) is 24.5 Å². The van der Waals surface area contributed by atoms with Gasteiger partial charge in [0.05, 0.1) is 41.9 Å². The van der Waals surface area contributed by atoms with Gasteiger partial charge in [-0.05, 0) is 50.1 Å². The molecule has 0 spiro atoms. The van der Waals surface area contributed by atoms with Gasteiger partial charge in [0.15, 0.2) is 5.82 Å². The van der Waals surface area contributed by atoms with Crippen LogP contribution in [0.3, 0.4) is 0 Å². The number of hydrogen-bond acceptors (Lipinski definition) is 9. The molecular formula is C31H33FN8O2. The molecule has 2 bridgehead atoms. The minimum Gasteiger partial charge on any atom is -0.479 e. The summed E-state index contributed by atoms with van der Waals surface area (Å²) in [4.78, 5) is 15.9. The average molecular weight is 569 g/mol. The van der Waals surface area contributed by atoms with E-state index in [2.05, 4.69) is 43.0 Å². The first-order chi connectivity index (χ1) is 20.2. The molecule has 4 aromatic rings. The van der Waals surface area contributed by atoms with E-state index >= 15 is 0 Å². The fraction of sp³-hybridized carbons (Fsp3) is 0.419. The Bertz CT molecular complexity index is 1670. The number of piperidine rings is 1. The van der Waals surface area contributed by atoms with Crippen molar-refractivity contribution >= 4 is 17.0 Å². The molecule has 4 aliphatic rings. The largest absolute Gasteiger partial charge is 0.479 e. The summed E-state index contributed by atoms with van der Waals surface area (Å²) >= 11 is 0. The number of aromatic nitrogens is 4. The number of nitrogens with zero attached hydrogens (tertiary/aromatic N) is 8.